The van der Waals surface area contributed by atoms with Crippen molar-refractivity contribution in [2.45, 2.75) is 148 Å². The number of quaternary nitrogens is 1. The van der Waals surface area contributed by atoms with Crippen LogP contribution in [0.2, 0.25) is 0 Å². The van der Waals surface area contributed by atoms with E-state index < -0.39 is 32.5 Å². The molecule has 0 fully saturated rings. The molecule has 0 aliphatic heterocycles. The number of carbonyl (C=O) groups excluding carboxylic acids is 2. The van der Waals surface area contributed by atoms with Gasteiger partial charge in [0.25, 0.3) is 7.82 Å². The van der Waals surface area contributed by atoms with Crippen molar-refractivity contribution in [3.8, 4) is 0 Å². The second kappa shape index (κ2) is 41.0. The molecule has 0 amide bonds. The van der Waals surface area contributed by atoms with Gasteiger partial charge in [0, 0.05) is 12.8 Å². The Kier molecular flexibility index (Phi) is 38.8. The van der Waals surface area contributed by atoms with Crippen LogP contribution in [0.4, 0.5) is 0 Å². The third kappa shape index (κ3) is 44.2. The minimum Gasteiger partial charge on any atom is -0.756 e. The van der Waals surface area contributed by atoms with Crippen molar-refractivity contribution in [2.24, 2.45) is 0 Å². The number of esters is 2. The highest BCUT2D eigenvalue weighted by molar-refractivity contribution is 7.45. The van der Waals surface area contributed by atoms with Crippen LogP contribution >= 0.6 is 7.82 Å². The summed E-state index contributed by atoms with van der Waals surface area (Å²) >= 11 is 0. The summed E-state index contributed by atoms with van der Waals surface area (Å²) in [5, 5.41) is 0. The van der Waals surface area contributed by atoms with E-state index in [9.17, 15) is 19.0 Å². The highest BCUT2D eigenvalue weighted by Gasteiger charge is 2.21. The van der Waals surface area contributed by atoms with Crippen LogP contribution in [0.1, 0.15) is 142 Å². The Morgan fingerprint density at radius 2 is 0.967 bits per heavy atom. The zero-order valence-electron chi connectivity index (χ0n) is 38.1. The number of unbranched alkanes of at least 4 members (excludes halogenated alkanes) is 7. The number of nitrogens with zero attached hydrogens (tertiary/aromatic N) is 1. The zero-order valence-corrected chi connectivity index (χ0v) is 39.0. The molecule has 0 heterocycles. The molecule has 0 N–H and O–H groups in total. The molecule has 9 nitrogen and oxygen atoms in total. The summed E-state index contributed by atoms with van der Waals surface area (Å²) in [6.07, 6.45) is 55.6. The number of rotatable bonds is 39. The van der Waals surface area contributed by atoms with Gasteiger partial charge in [-0.1, -0.05) is 149 Å². The number of hydrogen-bond donors (Lipinski definition) is 0. The molecule has 0 spiro atoms. The number of hydrogen-bond acceptors (Lipinski definition) is 8. The Bertz CT molecular complexity index is 1380. The van der Waals surface area contributed by atoms with Crippen LogP contribution in [0.25, 0.3) is 0 Å². The van der Waals surface area contributed by atoms with E-state index in [0.29, 0.717) is 30.3 Å². The Labute approximate surface area is 366 Å². The lowest BCUT2D eigenvalue weighted by atomic mass is 10.1. The minimum absolute atomic E-state index is 0.0508. The van der Waals surface area contributed by atoms with Gasteiger partial charge in [0.2, 0.25) is 0 Å². The van der Waals surface area contributed by atoms with E-state index >= 15 is 0 Å². The lowest BCUT2D eigenvalue weighted by Crippen LogP contribution is -2.37. The molecule has 340 valence electrons. The van der Waals surface area contributed by atoms with Crippen molar-refractivity contribution in [1.29, 1.82) is 0 Å². The molecule has 10 heteroatoms. The predicted molar refractivity (Wildman–Crippen MR) is 249 cm³/mol. The highest BCUT2D eigenvalue weighted by Crippen LogP contribution is 2.38. The van der Waals surface area contributed by atoms with Gasteiger partial charge in [-0.3, -0.25) is 14.2 Å². The maximum absolute atomic E-state index is 12.7. The van der Waals surface area contributed by atoms with E-state index in [1.54, 1.807) is 0 Å². The summed E-state index contributed by atoms with van der Waals surface area (Å²) in [5.41, 5.74) is 0. The summed E-state index contributed by atoms with van der Waals surface area (Å²) in [6.45, 7) is 3.93. The molecule has 0 aromatic carbocycles. The topological polar surface area (TPSA) is 111 Å². The maximum Gasteiger partial charge on any atom is 0.306 e. The lowest BCUT2D eigenvalue weighted by molar-refractivity contribution is -0.870. The molecule has 2 unspecified atom stereocenters. The summed E-state index contributed by atoms with van der Waals surface area (Å²) in [7, 11) is 1.10. The Hall–Kier alpha value is -3.33. The molecule has 60 heavy (non-hydrogen) atoms. The van der Waals surface area contributed by atoms with Gasteiger partial charge < -0.3 is 27.9 Å². The molecule has 0 aromatic rings. The summed E-state index contributed by atoms with van der Waals surface area (Å²) in [6, 6.07) is 0. The van der Waals surface area contributed by atoms with Crippen molar-refractivity contribution in [1.82, 2.24) is 0 Å². The number of allylic oxidation sites excluding steroid dienone is 18. The molecule has 0 aromatic heterocycles. The zero-order chi connectivity index (χ0) is 44.3. The standard InChI is InChI=1S/C50H82NO8P/c1-6-8-10-12-14-16-18-20-21-22-23-24-25-26-27-28-29-31-33-35-37-39-41-43-50(53)59-48(47-58-60(54,55)57-45-44-51(3,4)5)46-56-49(52)42-40-38-36-34-32-30-19-17-15-13-11-9-7-2/h8,10-11,13-14,16-17,19-21,23-24,26-27,29,31,35,37,48H,6-7,9,12,15,18,22,25,28,30,32-34,36,38-47H2,1-5H3/b10-8-,13-11-,16-14-,19-17-,21-20-,24-23-,27-26-,31-29-,37-35-. The molecule has 0 aliphatic rings. The number of likely N-dealkylation sites (N-methyl/N-ethyl adjacent to an activating group) is 1. The van der Waals surface area contributed by atoms with E-state index in [4.69, 9.17) is 18.5 Å². The lowest BCUT2D eigenvalue weighted by Gasteiger charge is -2.28. The van der Waals surface area contributed by atoms with Crippen molar-refractivity contribution >= 4 is 19.8 Å². The van der Waals surface area contributed by atoms with Gasteiger partial charge in [0.15, 0.2) is 6.10 Å². The molecule has 2 atom stereocenters. The van der Waals surface area contributed by atoms with Crippen LogP contribution in [-0.2, 0) is 32.7 Å². The first-order valence-corrected chi connectivity index (χ1v) is 24.1. The third-order valence-corrected chi connectivity index (χ3v) is 9.72. The van der Waals surface area contributed by atoms with E-state index in [1.165, 1.54) is 6.42 Å². The SMILES string of the molecule is CC/C=C\C/C=C\C/C=C\C/C=C\C/C=C\C/C=C\C/C=C\CCCC(=O)OC(COC(=O)CCCCCCC/C=C\C/C=C\CCC)COP(=O)([O-])OCC[N+](C)(C)C. The molecular weight excluding hydrogens is 774 g/mol. The second-order valence-electron chi connectivity index (χ2n) is 15.7. The maximum atomic E-state index is 12.7. The van der Waals surface area contributed by atoms with Gasteiger partial charge in [0.1, 0.15) is 19.8 Å². The van der Waals surface area contributed by atoms with Crippen LogP contribution in [0.3, 0.4) is 0 Å². The highest BCUT2D eigenvalue weighted by atomic mass is 31.2. The Morgan fingerprint density at radius 1 is 0.533 bits per heavy atom. The van der Waals surface area contributed by atoms with E-state index in [0.717, 1.165) is 89.9 Å². The van der Waals surface area contributed by atoms with Crippen molar-refractivity contribution in [2.75, 3.05) is 47.5 Å². The monoisotopic (exact) mass is 856 g/mol. The van der Waals surface area contributed by atoms with Crippen LogP contribution in [-0.4, -0.2) is 70.0 Å². The van der Waals surface area contributed by atoms with Crippen LogP contribution < -0.4 is 4.89 Å². The fourth-order valence-electron chi connectivity index (χ4n) is 5.27. The second-order valence-corrected chi connectivity index (χ2v) is 17.1. The van der Waals surface area contributed by atoms with Gasteiger partial charge in [-0.05, 0) is 89.9 Å². The van der Waals surface area contributed by atoms with Crippen LogP contribution in [0, 0.1) is 0 Å². The van der Waals surface area contributed by atoms with Crippen LogP contribution in [0.15, 0.2) is 109 Å². The fraction of sp³-hybridized carbons (Fsp3) is 0.600. The largest absolute Gasteiger partial charge is 0.756 e. The normalized spacial score (nSPS) is 14.6. The average molecular weight is 856 g/mol. The Morgan fingerprint density at radius 3 is 1.47 bits per heavy atom. The molecule has 0 rings (SSSR count). The molecule has 0 aliphatic carbocycles. The van der Waals surface area contributed by atoms with E-state index in [2.05, 4.69) is 117 Å². The predicted octanol–water partition coefficient (Wildman–Crippen LogP) is 12.5. The molecule has 0 saturated heterocycles. The van der Waals surface area contributed by atoms with Gasteiger partial charge in [-0.15, -0.1) is 0 Å². The first kappa shape index (κ1) is 56.7. The average Bonchev–Trinajstić information content (AvgIpc) is 3.20. The van der Waals surface area contributed by atoms with E-state index in [1.807, 2.05) is 27.2 Å². The fourth-order valence-corrected chi connectivity index (χ4v) is 6.00. The number of ether oxygens (including phenoxy) is 2. The first-order valence-electron chi connectivity index (χ1n) is 22.6. The van der Waals surface area contributed by atoms with Gasteiger partial charge >= 0.3 is 11.9 Å². The minimum atomic E-state index is -4.65. The van der Waals surface area contributed by atoms with Crippen molar-refractivity contribution < 1.29 is 42.1 Å². The summed E-state index contributed by atoms with van der Waals surface area (Å²) < 4.78 is 33.8. The van der Waals surface area contributed by atoms with Gasteiger partial charge in [0.05, 0.1) is 27.7 Å². The first-order chi connectivity index (χ1) is 29.0. The smallest absolute Gasteiger partial charge is 0.306 e. The molecule has 0 bridgehead atoms. The number of phosphoric ester groups is 1. The van der Waals surface area contributed by atoms with Gasteiger partial charge in [-0.2, -0.15) is 0 Å². The van der Waals surface area contributed by atoms with E-state index in [-0.39, 0.29) is 26.1 Å². The Balaban J connectivity index is 4.49. The van der Waals surface area contributed by atoms with Gasteiger partial charge in [-0.25, -0.2) is 0 Å². The summed E-state index contributed by atoms with van der Waals surface area (Å²) in [5.74, 6) is -0.934. The molecule has 0 saturated carbocycles. The van der Waals surface area contributed by atoms with Crippen molar-refractivity contribution in [3.63, 3.8) is 0 Å². The number of phosphoric acid groups is 1. The molecule has 0 radical (unpaired) electrons. The quantitative estimate of drug-likeness (QED) is 0.0198. The molecular formula is C50H82NO8P. The third-order valence-electron chi connectivity index (χ3n) is 8.76. The number of carbonyl (C=O) groups is 2. The summed E-state index contributed by atoms with van der Waals surface area (Å²) in [4.78, 5) is 37.5. The van der Waals surface area contributed by atoms with Crippen LogP contribution in [0.5, 0.6) is 0 Å². The van der Waals surface area contributed by atoms with Crippen molar-refractivity contribution in [3.05, 3.63) is 109 Å².